The van der Waals surface area contributed by atoms with Crippen molar-refractivity contribution in [3.63, 3.8) is 0 Å². The van der Waals surface area contributed by atoms with Gasteiger partial charge < -0.3 is 15.0 Å². The molecule has 2 saturated heterocycles. The van der Waals surface area contributed by atoms with Crippen LogP contribution < -0.4 is 10.2 Å². The molecule has 1 N–H and O–H groups in total. The lowest BCUT2D eigenvalue weighted by atomic mass is 9.82. The molecule has 3 aliphatic heterocycles. The van der Waals surface area contributed by atoms with Gasteiger partial charge in [0, 0.05) is 42.1 Å². The summed E-state index contributed by atoms with van der Waals surface area (Å²) in [5.41, 5.74) is 6.14. The van der Waals surface area contributed by atoms with Crippen LogP contribution in [0.1, 0.15) is 60.0 Å². The number of hydrogen-bond acceptors (Lipinski definition) is 4. The van der Waals surface area contributed by atoms with Crippen molar-refractivity contribution in [3.05, 3.63) is 56.7 Å². The maximum Gasteiger partial charge on any atom is 0.257 e. The van der Waals surface area contributed by atoms with Crippen LogP contribution in [0.15, 0.2) is 36.4 Å². The molecular formula is C27H32IN3O2. The maximum absolute atomic E-state index is 13.5. The van der Waals surface area contributed by atoms with Gasteiger partial charge in [-0.05, 0) is 115 Å². The van der Waals surface area contributed by atoms with E-state index in [1.807, 2.05) is 12.1 Å². The number of carbonyl (C=O) groups excluding carboxylic acids is 1. The van der Waals surface area contributed by atoms with Crippen molar-refractivity contribution in [1.29, 1.82) is 0 Å². The fourth-order valence-electron chi connectivity index (χ4n) is 6.25. The normalized spacial score (nSPS) is 23.0. The summed E-state index contributed by atoms with van der Waals surface area (Å²) >= 11 is 2.35. The highest BCUT2D eigenvalue weighted by atomic mass is 127. The summed E-state index contributed by atoms with van der Waals surface area (Å²) in [4.78, 5) is 18.4. The number of piperidine rings is 1. The van der Waals surface area contributed by atoms with E-state index in [-0.39, 0.29) is 11.4 Å². The zero-order chi connectivity index (χ0) is 22.6. The quantitative estimate of drug-likeness (QED) is 0.516. The summed E-state index contributed by atoms with van der Waals surface area (Å²) in [5.74, 6) is -0.0135. The molecule has 3 heterocycles. The molecule has 4 aliphatic rings. The van der Waals surface area contributed by atoms with Crippen LogP contribution in [-0.4, -0.2) is 44.2 Å². The minimum atomic E-state index is -0.0135. The first-order chi connectivity index (χ1) is 16.0. The number of amides is 1. The lowest BCUT2D eigenvalue weighted by Crippen LogP contribution is -2.43. The highest BCUT2D eigenvalue weighted by Crippen LogP contribution is 2.54. The molecule has 33 heavy (non-hydrogen) atoms. The van der Waals surface area contributed by atoms with Gasteiger partial charge in [-0.25, -0.2) is 0 Å². The average molecular weight is 557 g/mol. The van der Waals surface area contributed by atoms with Gasteiger partial charge in [0.1, 0.15) is 0 Å². The van der Waals surface area contributed by atoms with Gasteiger partial charge in [-0.2, -0.15) is 0 Å². The average Bonchev–Trinajstić information content (AvgIpc) is 3.53. The SMILES string of the molecule is CN1Cc2ccc(NC(=O)c3ccc(I)cc3N3CCC4(CC3)CC4)cc2C12CCOCC2. The molecule has 1 saturated carbocycles. The van der Waals surface area contributed by atoms with Crippen LogP contribution >= 0.6 is 22.6 Å². The predicted octanol–water partition coefficient (Wildman–Crippen LogP) is 5.38. The second kappa shape index (κ2) is 8.24. The monoisotopic (exact) mass is 557 g/mol. The van der Waals surface area contributed by atoms with E-state index in [9.17, 15) is 4.79 Å². The fraction of sp³-hybridized carbons (Fsp3) is 0.519. The molecular weight excluding hydrogens is 525 g/mol. The Kier molecular flexibility index (Phi) is 5.46. The Labute approximate surface area is 210 Å². The Morgan fingerprint density at radius 3 is 2.48 bits per heavy atom. The number of anilines is 2. The molecule has 0 atom stereocenters. The van der Waals surface area contributed by atoms with Crippen molar-refractivity contribution in [1.82, 2.24) is 4.90 Å². The second-order valence-corrected chi connectivity index (χ2v) is 11.7. The molecule has 0 unspecified atom stereocenters. The van der Waals surface area contributed by atoms with Gasteiger partial charge in [0.25, 0.3) is 5.91 Å². The lowest BCUT2D eigenvalue weighted by Gasteiger charge is -2.40. The van der Waals surface area contributed by atoms with Gasteiger partial charge >= 0.3 is 0 Å². The Hall–Kier alpha value is -1.64. The first kappa shape index (κ1) is 21.9. The summed E-state index contributed by atoms with van der Waals surface area (Å²) in [6, 6.07) is 12.7. The molecule has 6 heteroatoms. The fourth-order valence-corrected chi connectivity index (χ4v) is 6.73. The smallest absolute Gasteiger partial charge is 0.257 e. The van der Waals surface area contributed by atoms with Crippen molar-refractivity contribution in [2.45, 2.75) is 50.6 Å². The van der Waals surface area contributed by atoms with Crippen molar-refractivity contribution in [3.8, 4) is 0 Å². The van der Waals surface area contributed by atoms with Crippen LogP contribution in [0.3, 0.4) is 0 Å². The van der Waals surface area contributed by atoms with E-state index in [2.05, 4.69) is 69.0 Å². The van der Waals surface area contributed by atoms with Crippen LogP contribution in [0, 0.1) is 8.99 Å². The van der Waals surface area contributed by atoms with Gasteiger partial charge in [0.15, 0.2) is 0 Å². The number of nitrogens with zero attached hydrogens (tertiary/aromatic N) is 2. The molecule has 0 radical (unpaired) electrons. The van der Waals surface area contributed by atoms with Crippen molar-refractivity contribution < 1.29 is 9.53 Å². The number of carbonyl (C=O) groups is 1. The van der Waals surface area contributed by atoms with Gasteiger partial charge in [-0.15, -0.1) is 0 Å². The summed E-state index contributed by atoms with van der Waals surface area (Å²) in [5, 5.41) is 3.23. The molecule has 6 rings (SSSR count). The number of hydrogen-bond donors (Lipinski definition) is 1. The zero-order valence-electron chi connectivity index (χ0n) is 19.3. The van der Waals surface area contributed by atoms with E-state index in [1.54, 1.807) is 0 Å². The van der Waals surface area contributed by atoms with E-state index in [0.29, 0.717) is 5.41 Å². The van der Waals surface area contributed by atoms with Gasteiger partial charge in [-0.3, -0.25) is 9.69 Å². The highest BCUT2D eigenvalue weighted by Gasteiger charge is 2.45. The van der Waals surface area contributed by atoms with Crippen molar-refractivity contribution in [2.24, 2.45) is 5.41 Å². The van der Waals surface area contributed by atoms with Gasteiger partial charge in [0.05, 0.1) is 16.8 Å². The highest BCUT2D eigenvalue weighted by molar-refractivity contribution is 14.1. The Morgan fingerprint density at radius 1 is 1.00 bits per heavy atom. The van der Waals surface area contributed by atoms with E-state index in [1.165, 1.54) is 40.4 Å². The van der Waals surface area contributed by atoms with E-state index in [4.69, 9.17) is 4.74 Å². The molecule has 2 aromatic rings. The van der Waals surface area contributed by atoms with Crippen molar-refractivity contribution >= 4 is 39.9 Å². The number of ether oxygens (including phenoxy) is 1. The molecule has 174 valence electrons. The van der Waals surface area contributed by atoms with Gasteiger partial charge in [0.2, 0.25) is 0 Å². The summed E-state index contributed by atoms with van der Waals surface area (Å²) in [6.45, 7) is 4.65. The van der Waals surface area contributed by atoms with Crippen LogP contribution in [0.25, 0.3) is 0 Å². The van der Waals surface area contributed by atoms with Crippen LogP contribution in [-0.2, 0) is 16.8 Å². The third-order valence-corrected chi connectivity index (χ3v) is 9.32. The number of benzene rings is 2. The first-order valence-corrected chi connectivity index (χ1v) is 13.3. The summed E-state index contributed by atoms with van der Waals surface area (Å²) < 4.78 is 6.84. The third kappa shape index (κ3) is 3.88. The summed E-state index contributed by atoms with van der Waals surface area (Å²) in [6.07, 6.45) is 7.30. The van der Waals surface area contributed by atoms with Crippen LogP contribution in [0.5, 0.6) is 0 Å². The number of halogens is 1. The van der Waals surface area contributed by atoms with Crippen LogP contribution in [0.2, 0.25) is 0 Å². The minimum absolute atomic E-state index is 0.0135. The standard InChI is InChI=1S/C27H32IN3O2/c1-30-18-19-2-4-21(17-23(19)27(30)10-14-33-15-11-27)29-25(32)22-5-3-20(28)16-24(22)31-12-8-26(6-7-26)9-13-31/h2-5,16-17H,6-15,18H2,1H3,(H,29,32). The van der Waals surface area contributed by atoms with E-state index in [0.717, 1.165) is 62.6 Å². The van der Waals surface area contributed by atoms with E-state index < -0.39 is 0 Å². The first-order valence-electron chi connectivity index (χ1n) is 12.3. The lowest BCUT2D eigenvalue weighted by molar-refractivity contribution is -0.0132. The molecule has 1 amide bonds. The van der Waals surface area contributed by atoms with Crippen molar-refractivity contribution in [2.75, 3.05) is 43.6 Å². The Morgan fingerprint density at radius 2 is 1.76 bits per heavy atom. The largest absolute Gasteiger partial charge is 0.381 e. The topological polar surface area (TPSA) is 44.8 Å². The van der Waals surface area contributed by atoms with Crippen LogP contribution in [0.4, 0.5) is 11.4 Å². The molecule has 0 aromatic heterocycles. The molecule has 2 spiro atoms. The Balaban J connectivity index is 1.26. The van der Waals surface area contributed by atoms with Gasteiger partial charge in [-0.1, -0.05) is 6.07 Å². The second-order valence-electron chi connectivity index (χ2n) is 10.5. The number of rotatable bonds is 3. The number of nitrogens with one attached hydrogen (secondary N) is 1. The molecule has 5 nitrogen and oxygen atoms in total. The summed E-state index contributed by atoms with van der Waals surface area (Å²) in [7, 11) is 2.21. The predicted molar refractivity (Wildman–Crippen MR) is 140 cm³/mol. The van der Waals surface area contributed by atoms with E-state index >= 15 is 0 Å². The molecule has 0 bridgehead atoms. The maximum atomic E-state index is 13.5. The Bertz CT molecular complexity index is 1080. The molecule has 1 aliphatic carbocycles. The zero-order valence-corrected chi connectivity index (χ0v) is 21.5. The third-order valence-electron chi connectivity index (χ3n) is 8.65. The molecule has 3 fully saturated rings. The number of fused-ring (bicyclic) bond motifs is 2. The molecule has 2 aromatic carbocycles. The minimum Gasteiger partial charge on any atom is -0.381 e.